The van der Waals surface area contributed by atoms with Crippen LogP contribution in [-0.4, -0.2) is 17.7 Å². The highest BCUT2D eigenvalue weighted by molar-refractivity contribution is 9.09. The molecule has 0 heterocycles. The molecule has 18 heavy (non-hydrogen) atoms. The molecule has 0 saturated heterocycles. The first-order valence-electron chi connectivity index (χ1n) is 4.87. The van der Waals surface area contributed by atoms with Crippen LogP contribution in [0.3, 0.4) is 0 Å². The van der Waals surface area contributed by atoms with Crippen molar-refractivity contribution in [3.8, 4) is 5.75 Å². The zero-order chi connectivity index (χ0) is 13.7. The van der Waals surface area contributed by atoms with Gasteiger partial charge in [0.15, 0.2) is 0 Å². The monoisotopic (exact) mass is 328 g/mol. The molecule has 0 aromatic heterocycles. The molecule has 1 aromatic rings. The first-order chi connectivity index (χ1) is 8.43. The summed E-state index contributed by atoms with van der Waals surface area (Å²) in [5.41, 5.74) is -0.313. The van der Waals surface area contributed by atoms with Crippen molar-refractivity contribution in [2.24, 2.45) is 0 Å². The summed E-state index contributed by atoms with van der Waals surface area (Å²) in [6, 6.07) is 3.33. The predicted molar refractivity (Wildman–Crippen MR) is 60.5 cm³/mol. The largest absolute Gasteiger partial charge is 0.434 e. The lowest BCUT2D eigenvalue weighted by Crippen LogP contribution is -2.07. The number of halogens is 5. The Bertz CT molecular complexity index is 424. The van der Waals surface area contributed by atoms with Gasteiger partial charge in [0, 0.05) is 6.42 Å². The maximum Gasteiger partial charge on any atom is 0.387 e. The van der Waals surface area contributed by atoms with Crippen molar-refractivity contribution >= 4 is 21.7 Å². The van der Waals surface area contributed by atoms with Crippen LogP contribution in [0.15, 0.2) is 18.2 Å². The van der Waals surface area contributed by atoms with Gasteiger partial charge < -0.3 is 4.74 Å². The molecule has 0 bridgehead atoms. The minimum absolute atomic E-state index is 0.0417. The van der Waals surface area contributed by atoms with Crippen molar-refractivity contribution in [2.75, 3.05) is 5.33 Å². The van der Waals surface area contributed by atoms with Crippen LogP contribution in [0.5, 0.6) is 5.75 Å². The summed E-state index contributed by atoms with van der Waals surface area (Å²) in [6.07, 6.45) is -2.99. The minimum atomic E-state index is -3.17. The fraction of sp³-hybridized carbons (Fsp3) is 0.364. The minimum Gasteiger partial charge on any atom is -0.434 e. The SMILES string of the molecule is O=C(CBr)Cc1ccc(OC(F)F)c(C(F)F)c1. The van der Waals surface area contributed by atoms with E-state index >= 15 is 0 Å². The predicted octanol–water partition coefficient (Wildman–Crippen LogP) is 3.73. The molecule has 0 aliphatic rings. The fourth-order valence-corrected chi connectivity index (χ4v) is 1.55. The molecule has 0 atom stereocenters. The molecule has 1 rings (SSSR count). The molecular formula is C11H9BrF4O2. The summed E-state index contributed by atoms with van der Waals surface area (Å²) in [4.78, 5) is 11.1. The Balaban J connectivity index is 2.99. The van der Waals surface area contributed by atoms with E-state index < -0.39 is 24.3 Å². The molecule has 0 aliphatic carbocycles. The van der Waals surface area contributed by atoms with Crippen molar-refractivity contribution in [3.05, 3.63) is 29.3 Å². The summed E-state index contributed by atoms with van der Waals surface area (Å²) in [6.45, 7) is -3.17. The van der Waals surface area contributed by atoms with Crippen LogP contribution in [0.2, 0.25) is 0 Å². The van der Waals surface area contributed by atoms with Crippen molar-refractivity contribution in [1.29, 1.82) is 0 Å². The fourth-order valence-electron chi connectivity index (χ4n) is 1.36. The van der Waals surface area contributed by atoms with Gasteiger partial charge >= 0.3 is 6.61 Å². The van der Waals surface area contributed by atoms with E-state index in [4.69, 9.17) is 0 Å². The Labute approximate surface area is 109 Å². The van der Waals surface area contributed by atoms with Gasteiger partial charge in [0.05, 0.1) is 10.9 Å². The van der Waals surface area contributed by atoms with E-state index in [-0.39, 0.29) is 17.5 Å². The third-order valence-electron chi connectivity index (χ3n) is 2.08. The van der Waals surface area contributed by atoms with Crippen LogP contribution >= 0.6 is 15.9 Å². The molecular weight excluding hydrogens is 320 g/mol. The molecule has 7 heteroatoms. The molecule has 0 spiro atoms. The Kier molecular flexibility index (Phi) is 5.58. The zero-order valence-corrected chi connectivity index (χ0v) is 10.6. The average Bonchev–Trinajstić information content (AvgIpc) is 2.30. The summed E-state index contributed by atoms with van der Waals surface area (Å²) >= 11 is 2.95. The molecule has 1 aromatic carbocycles. The van der Waals surface area contributed by atoms with Gasteiger partial charge in [0.25, 0.3) is 6.43 Å². The van der Waals surface area contributed by atoms with Gasteiger partial charge in [-0.2, -0.15) is 8.78 Å². The number of rotatable bonds is 6. The second-order valence-corrected chi connectivity index (χ2v) is 3.96. The van der Waals surface area contributed by atoms with Crippen LogP contribution in [-0.2, 0) is 11.2 Å². The maximum absolute atomic E-state index is 12.7. The summed E-state index contributed by atoms with van der Waals surface area (Å²) < 4.78 is 53.3. The normalized spacial score (nSPS) is 11.1. The van der Waals surface area contributed by atoms with E-state index in [0.29, 0.717) is 5.56 Å². The molecule has 0 unspecified atom stereocenters. The van der Waals surface area contributed by atoms with Gasteiger partial charge in [-0.05, 0) is 17.7 Å². The quantitative estimate of drug-likeness (QED) is 0.587. The van der Waals surface area contributed by atoms with E-state index in [0.717, 1.165) is 12.1 Å². The van der Waals surface area contributed by atoms with Crippen LogP contribution in [0.4, 0.5) is 17.6 Å². The number of carbonyl (C=O) groups excluding carboxylic acids is 1. The van der Waals surface area contributed by atoms with Crippen molar-refractivity contribution in [2.45, 2.75) is 19.5 Å². The topological polar surface area (TPSA) is 26.3 Å². The Morgan fingerprint density at radius 1 is 1.28 bits per heavy atom. The van der Waals surface area contributed by atoms with Gasteiger partial charge in [-0.3, -0.25) is 4.79 Å². The highest BCUT2D eigenvalue weighted by Crippen LogP contribution is 2.31. The molecule has 0 radical (unpaired) electrons. The lowest BCUT2D eigenvalue weighted by atomic mass is 10.1. The second kappa shape index (κ2) is 6.72. The van der Waals surface area contributed by atoms with Crippen molar-refractivity contribution in [1.82, 2.24) is 0 Å². The van der Waals surface area contributed by atoms with Gasteiger partial charge in [-0.25, -0.2) is 8.78 Å². The lowest BCUT2D eigenvalue weighted by molar-refractivity contribution is -0.115. The highest BCUT2D eigenvalue weighted by Gasteiger charge is 2.18. The summed E-state index contributed by atoms with van der Waals surface area (Å²) in [5, 5.41) is 0.103. The molecule has 100 valence electrons. The zero-order valence-electron chi connectivity index (χ0n) is 9.01. The third kappa shape index (κ3) is 4.29. The average molecular weight is 329 g/mol. The number of ether oxygens (including phenoxy) is 1. The van der Waals surface area contributed by atoms with E-state index in [2.05, 4.69) is 20.7 Å². The van der Waals surface area contributed by atoms with Crippen molar-refractivity contribution < 1.29 is 27.1 Å². The Morgan fingerprint density at radius 3 is 2.44 bits per heavy atom. The third-order valence-corrected chi connectivity index (χ3v) is 2.70. The first-order valence-corrected chi connectivity index (χ1v) is 5.99. The Hall–Kier alpha value is -1.11. The number of hydrogen-bond donors (Lipinski definition) is 0. The highest BCUT2D eigenvalue weighted by atomic mass is 79.9. The van der Waals surface area contributed by atoms with E-state index in [1.54, 1.807) is 0 Å². The molecule has 2 nitrogen and oxygen atoms in total. The lowest BCUT2D eigenvalue weighted by Gasteiger charge is -2.11. The summed E-state index contributed by atoms with van der Waals surface area (Å²) in [5.74, 6) is -0.771. The molecule has 0 amide bonds. The first kappa shape index (κ1) is 14.9. The molecule has 0 N–H and O–H groups in total. The van der Waals surface area contributed by atoms with Gasteiger partial charge in [0.2, 0.25) is 0 Å². The van der Waals surface area contributed by atoms with Crippen LogP contribution < -0.4 is 4.74 Å². The number of alkyl halides is 5. The number of hydrogen-bond acceptors (Lipinski definition) is 2. The smallest absolute Gasteiger partial charge is 0.387 e. The maximum atomic E-state index is 12.7. The van der Waals surface area contributed by atoms with Crippen LogP contribution in [0, 0.1) is 0 Å². The van der Waals surface area contributed by atoms with Gasteiger partial charge in [-0.15, -0.1) is 0 Å². The summed E-state index contributed by atoms with van der Waals surface area (Å²) in [7, 11) is 0. The Morgan fingerprint density at radius 2 is 1.94 bits per heavy atom. The molecule has 0 fully saturated rings. The van der Waals surface area contributed by atoms with Gasteiger partial charge in [-0.1, -0.05) is 22.0 Å². The van der Waals surface area contributed by atoms with E-state index in [1.807, 2.05) is 0 Å². The standard InChI is InChI=1S/C11H9BrF4O2/c12-5-7(17)3-6-1-2-9(18-11(15)16)8(4-6)10(13)14/h1-2,4,10-11H,3,5H2. The van der Waals surface area contributed by atoms with Crippen molar-refractivity contribution in [3.63, 3.8) is 0 Å². The van der Waals surface area contributed by atoms with Gasteiger partial charge in [0.1, 0.15) is 11.5 Å². The number of ketones is 1. The number of benzene rings is 1. The van der Waals surface area contributed by atoms with E-state index in [9.17, 15) is 22.4 Å². The van der Waals surface area contributed by atoms with Crippen LogP contribution in [0.1, 0.15) is 17.6 Å². The molecule has 0 aliphatic heterocycles. The van der Waals surface area contributed by atoms with E-state index in [1.165, 1.54) is 6.07 Å². The molecule has 0 saturated carbocycles. The second-order valence-electron chi connectivity index (χ2n) is 3.40. The van der Waals surface area contributed by atoms with Crippen LogP contribution in [0.25, 0.3) is 0 Å². The number of Topliss-reactive ketones (excluding diaryl/α,β-unsaturated/α-hetero) is 1. The number of carbonyl (C=O) groups is 1.